The van der Waals surface area contributed by atoms with Gasteiger partial charge in [-0.25, -0.2) is 0 Å². The van der Waals surface area contributed by atoms with Crippen molar-refractivity contribution in [1.82, 2.24) is 4.90 Å². The molecular weight excluding hydrogens is 314 g/mol. The van der Waals surface area contributed by atoms with E-state index < -0.39 is 0 Å². The van der Waals surface area contributed by atoms with Crippen LogP contribution in [0.1, 0.15) is 30.1 Å². The highest BCUT2D eigenvalue weighted by Crippen LogP contribution is 2.35. The standard InChI is InChI=1S/C21H25NO3/c1-2-24-14-15-11-19-20(12-15)25-10-9-22(19)21(23)18-8-7-16-5-3-4-6-17(16)13-18/h3-8,13,15,19-20H,2,9-12,14H2,1H3/t15-,19+,20-/m0/s1. The normalized spacial score (nSPS) is 26.0. The van der Waals surface area contributed by atoms with Gasteiger partial charge in [0.1, 0.15) is 0 Å². The van der Waals surface area contributed by atoms with E-state index in [1.54, 1.807) is 0 Å². The predicted octanol–water partition coefficient (Wildman–Crippen LogP) is 3.50. The molecule has 4 heteroatoms. The Morgan fingerprint density at radius 1 is 1.20 bits per heavy atom. The lowest BCUT2D eigenvalue weighted by Gasteiger charge is -2.37. The minimum absolute atomic E-state index is 0.126. The van der Waals surface area contributed by atoms with Crippen molar-refractivity contribution in [3.05, 3.63) is 48.0 Å². The van der Waals surface area contributed by atoms with Crippen molar-refractivity contribution in [2.45, 2.75) is 31.9 Å². The summed E-state index contributed by atoms with van der Waals surface area (Å²) in [7, 11) is 0. The first-order valence-corrected chi connectivity index (χ1v) is 9.25. The molecule has 1 saturated heterocycles. The molecule has 0 unspecified atom stereocenters. The lowest BCUT2D eigenvalue weighted by atomic mass is 10.0. The van der Waals surface area contributed by atoms with Crippen molar-refractivity contribution in [3.8, 4) is 0 Å². The number of amides is 1. The van der Waals surface area contributed by atoms with Gasteiger partial charge in [0.05, 0.1) is 18.8 Å². The van der Waals surface area contributed by atoms with Gasteiger partial charge in [-0.1, -0.05) is 30.3 Å². The Labute approximate surface area is 148 Å². The van der Waals surface area contributed by atoms with Crippen molar-refractivity contribution in [3.63, 3.8) is 0 Å². The fourth-order valence-electron chi connectivity index (χ4n) is 4.21. The van der Waals surface area contributed by atoms with E-state index in [1.807, 2.05) is 42.2 Å². The molecule has 25 heavy (non-hydrogen) atoms. The van der Waals surface area contributed by atoms with Gasteiger partial charge < -0.3 is 14.4 Å². The monoisotopic (exact) mass is 339 g/mol. The van der Waals surface area contributed by atoms with Crippen LogP contribution >= 0.6 is 0 Å². The topological polar surface area (TPSA) is 38.8 Å². The van der Waals surface area contributed by atoms with Crippen molar-refractivity contribution in [2.24, 2.45) is 5.92 Å². The van der Waals surface area contributed by atoms with E-state index in [4.69, 9.17) is 9.47 Å². The van der Waals surface area contributed by atoms with Crippen LogP contribution in [0.3, 0.4) is 0 Å². The highest BCUT2D eigenvalue weighted by molar-refractivity contribution is 5.98. The number of carbonyl (C=O) groups excluding carboxylic acids is 1. The Bertz CT molecular complexity index is 760. The fraction of sp³-hybridized carbons (Fsp3) is 0.476. The lowest BCUT2D eigenvalue weighted by Crippen LogP contribution is -2.51. The van der Waals surface area contributed by atoms with E-state index >= 15 is 0 Å². The van der Waals surface area contributed by atoms with E-state index in [1.165, 1.54) is 0 Å². The minimum atomic E-state index is 0.126. The van der Waals surface area contributed by atoms with Gasteiger partial charge in [0.15, 0.2) is 0 Å². The summed E-state index contributed by atoms with van der Waals surface area (Å²) in [6.07, 6.45) is 2.12. The number of hydrogen-bond acceptors (Lipinski definition) is 3. The second-order valence-corrected chi connectivity index (χ2v) is 7.03. The first kappa shape index (κ1) is 16.6. The summed E-state index contributed by atoms with van der Waals surface area (Å²) in [6.45, 7) is 4.83. The fourth-order valence-corrected chi connectivity index (χ4v) is 4.21. The van der Waals surface area contributed by atoms with Crippen molar-refractivity contribution < 1.29 is 14.3 Å². The number of carbonyl (C=O) groups is 1. The van der Waals surface area contributed by atoms with Crippen LogP contribution in [0.2, 0.25) is 0 Å². The first-order chi connectivity index (χ1) is 12.3. The Kier molecular flexibility index (Phi) is 4.73. The maximum Gasteiger partial charge on any atom is 0.254 e. The number of fused-ring (bicyclic) bond motifs is 2. The zero-order valence-corrected chi connectivity index (χ0v) is 14.7. The van der Waals surface area contributed by atoms with Crippen LogP contribution in [0.15, 0.2) is 42.5 Å². The molecule has 1 heterocycles. The van der Waals surface area contributed by atoms with E-state index in [2.05, 4.69) is 12.1 Å². The molecule has 1 aliphatic heterocycles. The summed E-state index contributed by atoms with van der Waals surface area (Å²) >= 11 is 0. The van der Waals surface area contributed by atoms with Gasteiger partial charge in [-0.3, -0.25) is 4.79 Å². The molecule has 2 aromatic rings. The molecule has 4 nitrogen and oxygen atoms in total. The van der Waals surface area contributed by atoms with Gasteiger partial charge in [-0.15, -0.1) is 0 Å². The molecule has 2 fully saturated rings. The lowest BCUT2D eigenvalue weighted by molar-refractivity contribution is -0.0449. The van der Waals surface area contributed by atoms with Crippen molar-refractivity contribution in [2.75, 3.05) is 26.4 Å². The van der Waals surface area contributed by atoms with Gasteiger partial charge >= 0.3 is 0 Å². The molecule has 2 aromatic carbocycles. The molecule has 4 rings (SSSR count). The van der Waals surface area contributed by atoms with Gasteiger partial charge in [0, 0.05) is 25.3 Å². The zero-order chi connectivity index (χ0) is 17.2. The van der Waals surface area contributed by atoms with Crippen LogP contribution in [0.4, 0.5) is 0 Å². The SMILES string of the molecule is CCOC[C@@H]1C[C@@H]2OCCN(C(=O)c3ccc4ccccc4c3)[C@@H]2C1. The van der Waals surface area contributed by atoms with Gasteiger partial charge in [-0.05, 0) is 48.6 Å². The Hall–Kier alpha value is -1.91. The third kappa shape index (κ3) is 3.29. The van der Waals surface area contributed by atoms with Crippen LogP contribution in [0.25, 0.3) is 10.8 Å². The average Bonchev–Trinajstić information content (AvgIpc) is 3.08. The summed E-state index contributed by atoms with van der Waals surface area (Å²) in [6, 6.07) is 14.3. The Morgan fingerprint density at radius 2 is 2.04 bits per heavy atom. The molecule has 0 radical (unpaired) electrons. The molecule has 0 bridgehead atoms. The smallest absolute Gasteiger partial charge is 0.254 e. The second kappa shape index (κ2) is 7.14. The van der Waals surface area contributed by atoms with E-state index in [9.17, 15) is 4.79 Å². The first-order valence-electron chi connectivity index (χ1n) is 9.25. The molecule has 0 spiro atoms. The highest BCUT2D eigenvalue weighted by Gasteiger charge is 2.42. The van der Waals surface area contributed by atoms with Crippen LogP contribution in [0, 0.1) is 5.92 Å². The number of nitrogens with zero attached hydrogens (tertiary/aromatic N) is 1. The Balaban J connectivity index is 1.54. The summed E-state index contributed by atoms with van der Waals surface area (Å²) in [5.74, 6) is 0.612. The second-order valence-electron chi connectivity index (χ2n) is 7.03. The van der Waals surface area contributed by atoms with Crippen LogP contribution in [-0.4, -0.2) is 49.3 Å². The zero-order valence-electron chi connectivity index (χ0n) is 14.7. The molecule has 1 aliphatic carbocycles. The average molecular weight is 339 g/mol. The van der Waals surface area contributed by atoms with E-state index in [0.717, 1.165) is 42.4 Å². The summed E-state index contributed by atoms with van der Waals surface area (Å²) in [5.41, 5.74) is 0.771. The van der Waals surface area contributed by atoms with Crippen LogP contribution < -0.4 is 0 Å². The van der Waals surface area contributed by atoms with Gasteiger partial charge in [-0.2, -0.15) is 0 Å². The molecule has 1 saturated carbocycles. The Morgan fingerprint density at radius 3 is 2.88 bits per heavy atom. The van der Waals surface area contributed by atoms with Gasteiger partial charge in [0.25, 0.3) is 5.91 Å². The molecule has 1 amide bonds. The van der Waals surface area contributed by atoms with Crippen LogP contribution in [-0.2, 0) is 9.47 Å². The molecule has 132 valence electrons. The van der Waals surface area contributed by atoms with Crippen LogP contribution in [0.5, 0.6) is 0 Å². The van der Waals surface area contributed by atoms with Crippen molar-refractivity contribution in [1.29, 1.82) is 0 Å². The number of hydrogen-bond donors (Lipinski definition) is 0. The van der Waals surface area contributed by atoms with E-state index in [0.29, 0.717) is 19.1 Å². The maximum absolute atomic E-state index is 13.1. The highest BCUT2D eigenvalue weighted by atomic mass is 16.5. The third-order valence-electron chi connectivity index (χ3n) is 5.45. The van der Waals surface area contributed by atoms with E-state index in [-0.39, 0.29) is 18.1 Å². The molecule has 0 aromatic heterocycles. The number of rotatable bonds is 4. The third-order valence-corrected chi connectivity index (χ3v) is 5.45. The molecular formula is C21H25NO3. The number of morpholine rings is 1. The largest absolute Gasteiger partial charge is 0.381 e. The molecule has 2 aliphatic rings. The minimum Gasteiger partial charge on any atom is -0.381 e. The van der Waals surface area contributed by atoms with Crippen molar-refractivity contribution >= 4 is 16.7 Å². The molecule has 3 atom stereocenters. The summed E-state index contributed by atoms with van der Waals surface area (Å²) in [4.78, 5) is 15.2. The van der Waals surface area contributed by atoms with Gasteiger partial charge in [0.2, 0.25) is 0 Å². The summed E-state index contributed by atoms with van der Waals surface area (Å²) in [5, 5.41) is 2.27. The number of ether oxygens (including phenoxy) is 2. The molecule has 0 N–H and O–H groups in total. The number of benzene rings is 2. The maximum atomic E-state index is 13.1. The predicted molar refractivity (Wildman–Crippen MR) is 97.7 cm³/mol. The summed E-state index contributed by atoms with van der Waals surface area (Å²) < 4.78 is 11.5. The quantitative estimate of drug-likeness (QED) is 0.856.